The number of nitrogens with zero attached hydrogens (tertiary/aromatic N) is 1. The Morgan fingerprint density at radius 2 is 1.80 bits per heavy atom. The number of hydrogen-bond donors (Lipinski definition) is 4. The standard InChI is InChI=1S/C21H26ClF2N5O/c1-12(2)11-27-21(29-20(30)14-5-8-16(22)17(24)9-14)28-19(26)10-18(25)13-3-6-15(23)7-4-13/h3-9,12,18-19H,10-11,25-26H2,1-2H3,(H2,27,28,29,30). The number of hydrogen-bond acceptors (Lipinski definition) is 3. The number of amides is 1. The van der Waals surface area contributed by atoms with E-state index in [1.165, 1.54) is 24.3 Å². The molecule has 0 aliphatic heterocycles. The molecule has 30 heavy (non-hydrogen) atoms. The predicted molar refractivity (Wildman–Crippen MR) is 115 cm³/mol. The summed E-state index contributed by atoms with van der Waals surface area (Å²) in [5.41, 5.74) is 13.1. The molecule has 0 spiro atoms. The first-order valence-electron chi connectivity index (χ1n) is 9.50. The summed E-state index contributed by atoms with van der Waals surface area (Å²) in [4.78, 5) is 16.4. The van der Waals surface area contributed by atoms with Gasteiger partial charge < -0.3 is 22.1 Å². The molecule has 2 aromatic carbocycles. The van der Waals surface area contributed by atoms with Crippen molar-refractivity contribution < 1.29 is 13.6 Å². The van der Waals surface area contributed by atoms with E-state index in [1.54, 1.807) is 12.1 Å². The normalized spacial score (nSPS) is 13.8. The zero-order chi connectivity index (χ0) is 22.3. The Labute approximate surface area is 179 Å². The Morgan fingerprint density at radius 1 is 1.13 bits per heavy atom. The molecule has 0 aromatic heterocycles. The number of halogens is 3. The summed E-state index contributed by atoms with van der Waals surface area (Å²) in [6, 6.07) is 9.11. The van der Waals surface area contributed by atoms with Crippen LogP contribution in [0.5, 0.6) is 0 Å². The zero-order valence-corrected chi connectivity index (χ0v) is 17.6. The van der Waals surface area contributed by atoms with Crippen molar-refractivity contribution in [2.75, 3.05) is 6.54 Å². The SMILES string of the molecule is CC(C)CN/C(=N/C(=O)c1ccc(Cl)c(F)c1)NC(N)CC(N)c1ccc(F)cc1. The summed E-state index contributed by atoms with van der Waals surface area (Å²) < 4.78 is 26.7. The van der Waals surface area contributed by atoms with Crippen molar-refractivity contribution in [3.63, 3.8) is 0 Å². The molecule has 162 valence electrons. The van der Waals surface area contributed by atoms with Crippen LogP contribution in [0.2, 0.25) is 5.02 Å². The van der Waals surface area contributed by atoms with Gasteiger partial charge in [0.2, 0.25) is 5.96 Å². The third kappa shape index (κ3) is 7.37. The molecule has 0 bridgehead atoms. The molecule has 0 aliphatic rings. The number of aliphatic imine (C=N–C) groups is 1. The van der Waals surface area contributed by atoms with Crippen molar-refractivity contribution in [3.05, 3.63) is 70.2 Å². The summed E-state index contributed by atoms with van der Waals surface area (Å²) in [7, 11) is 0. The molecule has 2 rings (SSSR count). The third-order valence-electron chi connectivity index (χ3n) is 4.19. The van der Waals surface area contributed by atoms with Crippen LogP contribution in [0.25, 0.3) is 0 Å². The lowest BCUT2D eigenvalue weighted by molar-refractivity contribution is 0.100. The zero-order valence-electron chi connectivity index (χ0n) is 16.8. The van der Waals surface area contributed by atoms with Crippen molar-refractivity contribution in [2.24, 2.45) is 22.4 Å². The average Bonchev–Trinajstić information content (AvgIpc) is 2.68. The van der Waals surface area contributed by atoms with Crippen molar-refractivity contribution in [1.29, 1.82) is 0 Å². The first kappa shape index (κ1) is 23.7. The quantitative estimate of drug-likeness (QED) is 0.302. The first-order valence-corrected chi connectivity index (χ1v) is 9.88. The van der Waals surface area contributed by atoms with Gasteiger partial charge in [-0.15, -0.1) is 0 Å². The number of carbonyl (C=O) groups is 1. The molecule has 6 nitrogen and oxygen atoms in total. The highest BCUT2D eigenvalue weighted by Crippen LogP contribution is 2.17. The van der Waals surface area contributed by atoms with Crippen LogP contribution >= 0.6 is 11.6 Å². The van der Waals surface area contributed by atoms with Gasteiger partial charge in [-0.1, -0.05) is 37.6 Å². The maximum Gasteiger partial charge on any atom is 0.280 e. The van der Waals surface area contributed by atoms with Gasteiger partial charge in [0.15, 0.2) is 0 Å². The highest BCUT2D eigenvalue weighted by Gasteiger charge is 2.15. The van der Waals surface area contributed by atoms with Crippen LogP contribution in [0.4, 0.5) is 8.78 Å². The van der Waals surface area contributed by atoms with Crippen LogP contribution in [0, 0.1) is 17.6 Å². The second-order valence-corrected chi connectivity index (χ2v) is 7.72. The van der Waals surface area contributed by atoms with Gasteiger partial charge >= 0.3 is 0 Å². The van der Waals surface area contributed by atoms with Gasteiger partial charge in [0.25, 0.3) is 5.91 Å². The molecular weight excluding hydrogens is 412 g/mol. The molecule has 9 heteroatoms. The van der Waals surface area contributed by atoms with Crippen molar-refractivity contribution >= 4 is 23.5 Å². The lowest BCUT2D eigenvalue weighted by atomic mass is 10.0. The monoisotopic (exact) mass is 437 g/mol. The Hall–Kier alpha value is -2.55. The fraction of sp³-hybridized carbons (Fsp3) is 0.333. The Balaban J connectivity index is 2.10. The molecule has 0 radical (unpaired) electrons. The fourth-order valence-corrected chi connectivity index (χ4v) is 2.69. The number of nitrogens with one attached hydrogen (secondary N) is 2. The van der Waals surface area contributed by atoms with E-state index in [-0.39, 0.29) is 28.3 Å². The van der Waals surface area contributed by atoms with Crippen LogP contribution in [0.3, 0.4) is 0 Å². The van der Waals surface area contributed by atoms with E-state index in [0.717, 1.165) is 11.6 Å². The third-order valence-corrected chi connectivity index (χ3v) is 4.49. The number of rotatable bonds is 7. The Bertz CT molecular complexity index is 889. The molecule has 0 fully saturated rings. The minimum atomic E-state index is -0.704. The number of guanidine groups is 1. The van der Waals surface area contributed by atoms with E-state index >= 15 is 0 Å². The molecular formula is C21H26ClF2N5O. The van der Waals surface area contributed by atoms with E-state index in [0.29, 0.717) is 13.0 Å². The van der Waals surface area contributed by atoms with E-state index in [9.17, 15) is 13.6 Å². The lowest BCUT2D eigenvalue weighted by Crippen LogP contribution is -2.49. The van der Waals surface area contributed by atoms with Crippen LogP contribution in [0.15, 0.2) is 47.5 Å². The first-order chi connectivity index (χ1) is 14.2. The highest BCUT2D eigenvalue weighted by atomic mass is 35.5. The molecule has 0 aliphatic carbocycles. The predicted octanol–water partition coefficient (Wildman–Crippen LogP) is 3.32. The van der Waals surface area contributed by atoms with Gasteiger partial charge in [-0.2, -0.15) is 4.99 Å². The molecule has 2 atom stereocenters. The molecule has 6 N–H and O–H groups in total. The average molecular weight is 438 g/mol. The van der Waals surface area contributed by atoms with E-state index in [2.05, 4.69) is 15.6 Å². The topological polar surface area (TPSA) is 106 Å². The van der Waals surface area contributed by atoms with Gasteiger partial charge in [0.1, 0.15) is 11.6 Å². The summed E-state index contributed by atoms with van der Waals surface area (Å²) in [6.07, 6.45) is -0.337. The molecule has 0 heterocycles. The maximum absolute atomic E-state index is 13.6. The number of nitrogens with two attached hydrogens (primary N) is 2. The number of carbonyl (C=O) groups excluding carboxylic acids is 1. The van der Waals surface area contributed by atoms with Crippen LogP contribution in [-0.4, -0.2) is 24.6 Å². The van der Waals surface area contributed by atoms with E-state index in [4.69, 9.17) is 23.1 Å². The molecule has 0 saturated heterocycles. The molecule has 0 saturated carbocycles. The van der Waals surface area contributed by atoms with Crippen LogP contribution in [-0.2, 0) is 0 Å². The lowest BCUT2D eigenvalue weighted by Gasteiger charge is -2.22. The molecule has 1 amide bonds. The summed E-state index contributed by atoms with van der Waals surface area (Å²) >= 11 is 5.66. The fourth-order valence-electron chi connectivity index (χ4n) is 2.57. The van der Waals surface area contributed by atoms with Crippen molar-refractivity contribution in [1.82, 2.24) is 10.6 Å². The van der Waals surface area contributed by atoms with Crippen molar-refractivity contribution in [3.8, 4) is 0 Å². The maximum atomic E-state index is 13.6. The van der Waals surface area contributed by atoms with Gasteiger partial charge in [0, 0.05) is 18.2 Å². The van der Waals surface area contributed by atoms with Crippen molar-refractivity contribution in [2.45, 2.75) is 32.5 Å². The van der Waals surface area contributed by atoms with Gasteiger partial charge in [-0.3, -0.25) is 4.79 Å². The van der Waals surface area contributed by atoms with Gasteiger partial charge in [-0.05, 0) is 48.2 Å². The number of benzene rings is 2. The summed E-state index contributed by atoms with van der Waals surface area (Å²) in [5, 5.41) is 5.88. The van der Waals surface area contributed by atoms with Crippen LogP contribution in [0.1, 0.15) is 42.2 Å². The molecule has 2 unspecified atom stereocenters. The van der Waals surface area contributed by atoms with Gasteiger partial charge in [-0.25, -0.2) is 8.78 Å². The van der Waals surface area contributed by atoms with Gasteiger partial charge in [0.05, 0.1) is 11.2 Å². The summed E-state index contributed by atoms with van der Waals surface area (Å²) in [5.74, 6) is -1.28. The second kappa shape index (κ2) is 11.0. The summed E-state index contributed by atoms with van der Waals surface area (Å²) in [6.45, 7) is 4.52. The van der Waals surface area contributed by atoms with E-state index in [1.807, 2.05) is 13.8 Å². The highest BCUT2D eigenvalue weighted by molar-refractivity contribution is 6.30. The Morgan fingerprint density at radius 3 is 2.40 bits per heavy atom. The largest absolute Gasteiger partial charge is 0.356 e. The van der Waals surface area contributed by atoms with Crippen LogP contribution < -0.4 is 22.1 Å². The molecule has 2 aromatic rings. The minimum Gasteiger partial charge on any atom is -0.356 e. The Kier molecular flexibility index (Phi) is 8.71. The van der Waals surface area contributed by atoms with E-state index < -0.39 is 23.9 Å². The second-order valence-electron chi connectivity index (χ2n) is 7.31. The smallest absolute Gasteiger partial charge is 0.280 e. The minimum absolute atomic E-state index is 0.0548.